The zero-order chi connectivity index (χ0) is 16.4. The zero-order valence-corrected chi connectivity index (χ0v) is 13.4. The van der Waals surface area contributed by atoms with Crippen molar-refractivity contribution >= 4 is 11.8 Å². The number of aromatic nitrogens is 1. The lowest BCUT2D eigenvalue weighted by atomic mass is 10.0. The summed E-state index contributed by atoms with van der Waals surface area (Å²) in [5, 5.41) is 3.71. The van der Waals surface area contributed by atoms with Crippen molar-refractivity contribution in [3.63, 3.8) is 0 Å². The molecule has 2 aromatic rings. The number of benzene rings is 1. The van der Waals surface area contributed by atoms with E-state index in [0.29, 0.717) is 17.0 Å². The molecule has 0 fully saturated rings. The lowest BCUT2D eigenvalue weighted by Crippen LogP contribution is -2.25. The van der Waals surface area contributed by atoms with Crippen molar-refractivity contribution in [2.45, 2.75) is 40.7 Å². The number of carbonyl (C=O) groups excluding carboxylic acids is 2. The minimum absolute atomic E-state index is 0.233. The molecular weight excluding hydrogens is 282 g/mol. The normalized spacial score (nSPS) is 12.0. The summed E-state index contributed by atoms with van der Waals surface area (Å²) in [5.41, 5.74) is 3.39. The minimum Gasteiger partial charge on any atom is -0.451 e. The maximum absolute atomic E-state index is 12.4. The molecular formula is C17H19NO4. The number of rotatable bonds is 4. The van der Waals surface area contributed by atoms with Crippen molar-refractivity contribution < 1.29 is 18.8 Å². The average molecular weight is 301 g/mol. The zero-order valence-electron chi connectivity index (χ0n) is 13.4. The summed E-state index contributed by atoms with van der Waals surface area (Å²) in [6.45, 7) is 8.76. The van der Waals surface area contributed by atoms with Gasteiger partial charge in [-0.2, -0.15) is 0 Å². The molecule has 0 radical (unpaired) electrons. The molecule has 0 aliphatic rings. The molecule has 5 heteroatoms. The highest BCUT2D eigenvalue weighted by atomic mass is 16.5. The quantitative estimate of drug-likeness (QED) is 0.640. The van der Waals surface area contributed by atoms with Gasteiger partial charge in [-0.05, 0) is 51.8 Å². The number of hydrogen-bond donors (Lipinski definition) is 0. The Bertz CT molecular complexity index is 711. The van der Waals surface area contributed by atoms with E-state index in [2.05, 4.69) is 5.16 Å². The third kappa shape index (κ3) is 3.08. The summed E-state index contributed by atoms with van der Waals surface area (Å²) >= 11 is 0. The first-order chi connectivity index (χ1) is 10.3. The molecule has 22 heavy (non-hydrogen) atoms. The van der Waals surface area contributed by atoms with Gasteiger partial charge >= 0.3 is 5.97 Å². The molecule has 0 unspecified atom stereocenters. The number of nitrogens with zero attached hydrogens (tertiary/aromatic N) is 1. The Labute approximate surface area is 129 Å². The van der Waals surface area contributed by atoms with Gasteiger partial charge in [0.1, 0.15) is 11.3 Å². The van der Waals surface area contributed by atoms with E-state index in [-0.39, 0.29) is 11.3 Å². The first-order valence-corrected chi connectivity index (χ1v) is 7.06. The Kier molecular flexibility index (Phi) is 4.45. The Balaban J connectivity index is 2.14. The van der Waals surface area contributed by atoms with Crippen LogP contribution in [-0.4, -0.2) is 23.0 Å². The van der Waals surface area contributed by atoms with Crippen molar-refractivity contribution in [3.8, 4) is 0 Å². The van der Waals surface area contributed by atoms with Crippen LogP contribution in [-0.2, 0) is 4.74 Å². The van der Waals surface area contributed by atoms with E-state index in [1.807, 2.05) is 19.9 Å². The number of aryl methyl sites for hydroxylation is 4. The van der Waals surface area contributed by atoms with Crippen LogP contribution in [0.1, 0.15) is 50.2 Å². The summed E-state index contributed by atoms with van der Waals surface area (Å²) < 4.78 is 10.2. The van der Waals surface area contributed by atoms with Crippen LogP contribution in [0.15, 0.2) is 22.7 Å². The van der Waals surface area contributed by atoms with Gasteiger partial charge in [-0.15, -0.1) is 0 Å². The van der Waals surface area contributed by atoms with Crippen LogP contribution >= 0.6 is 0 Å². The van der Waals surface area contributed by atoms with E-state index < -0.39 is 12.1 Å². The predicted molar refractivity (Wildman–Crippen MR) is 81.1 cm³/mol. The van der Waals surface area contributed by atoms with Crippen molar-refractivity contribution in [1.29, 1.82) is 0 Å². The van der Waals surface area contributed by atoms with Crippen molar-refractivity contribution in [2.75, 3.05) is 0 Å². The predicted octanol–water partition coefficient (Wildman–Crippen LogP) is 3.34. The molecule has 1 aromatic carbocycles. The van der Waals surface area contributed by atoms with Gasteiger partial charge in [0.05, 0.1) is 5.69 Å². The van der Waals surface area contributed by atoms with E-state index in [4.69, 9.17) is 9.26 Å². The lowest BCUT2D eigenvalue weighted by Gasteiger charge is -2.13. The van der Waals surface area contributed by atoms with Gasteiger partial charge in [-0.1, -0.05) is 17.3 Å². The van der Waals surface area contributed by atoms with E-state index in [0.717, 1.165) is 11.1 Å². The lowest BCUT2D eigenvalue weighted by molar-refractivity contribution is 0.0316. The number of carbonyl (C=O) groups is 2. The molecule has 1 atom stereocenters. The van der Waals surface area contributed by atoms with E-state index in [1.54, 1.807) is 32.9 Å². The van der Waals surface area contributed by atoms with Gasteiger partial charge in [0.25, 0.3) is 0 Å². The van der Waals surface area contributed by atoms with Gasteiger partial charge in [0.15, 0.2) is 6.10 Å². The van der Waals surface area contributed by atoms with Crippen LogP contribution in [0.25, 0.3) is 0 Å². The number of ketones is 1. The Hall–Kier alpha value is -2.43. The molecule has 5 nitrogen and oxygen atoms in total. The minimum atomic E-state index is -0.872. The maximum atomic E-state index is 12.4. The molecule has 0 spiro atoms. The summed E-state index contributed by atoms with van der Waals surface area (Å²) in [7, 11) is 0. The fourth-order valence-corrected chi connectivity index (χ4v) is 2.18. The highest BCUT2D eigenvalue weighted by Gasteiger charge is 2.25. The van der Waals surface area contributed by atoms with Crippen LogP contribution in [0.3, 0.4) is 0 Å². The van der Waals surface area contributed by atoms with Crippen molar-refractivity contribution in [2.24, 2.45) is 0 Å². The largest absolute Gasteiger partial charge is 0.451 e. The van der Waals surface area contributed by atoms with Gasteiger partial charge < -0.3 is 9.26 Å². The highest BCUT2D eigenvalue weighted by Crippen LogP contribution is 2.17. The third-order valence-corrected chi connectivity index (χ3v) is 3.68. The molecule has 0 saturated carbocycles. The fraction of sp³-hybridized carbons (Fsp3) is 0.353. The summed E-state index contributed by atoms with van der Waals surface area (Å²) in [5.74, 6) is -0.447. The van der Waals surface area contributed by atoms with Crippen LogP contribution in [0.2, 0.25) is 0 Å². The topological polar surface area (TPSA) is 69.4 Å². The average Bonchev–Trinajstić information content (AvgIpc) is 2.80. The van der Waals surface area contributed by atoms with Gasteiger partial charge in [-0.3, -0.25) is 4.79 Å². The van der Waals surface area contributed by atoms with E-state index in [1.165, 1.54) is 0 Å². The van der Waals surface area contributed by atoms with Crippen LogP contribution in [0, 0.1) is 27.7 Å². The summed E-state index contributed by atoms with van der Waals surface area (Å²) in [4.78, 5) is 24.5. The molecule has 0 saturated heterocycles. The second-order valence-corrected chi connectivity index (χ2v) is 5.41. The monoisotopic (exact) mass is 301 g/mol. The molecule has 0 N–H and O–H groups in total. The maximum Gasteiger partial charge on any atom is 0.344 e. The van der Waals surface area contributed by atoms with E-state index in [9.17, 15) is 9.59 Å². The molecule has 1 heterocycles. The van der Waals surface area contributed by atoms with Crippen LogP contribution < -0.4 is 0 Å². The van der Waals surface area contributed by atoms with Crippen molar-refractivity contribution in [3.05, 3.63) is 51.9 Å². The van der Waals surface area contributed by atoms with Gasteiger partial charge in [0, 0.05) is 5.56 Å². The Morgan fingerprint density at radius 3 is 2.36 bits per heavy atom. The van der Waals surface area contributed by atoms with Gasteiger partial charge in [0.2, 0.25) is 5.78 Å². The van der Waals surface area contributed by atoms with Crippen LogP contribution in [0.5, 0.6) is 0 Å². The number of ether oxygens (including phenoxy) is 1. The fourth-order valence-electron chi connectivity index (χ4n) is 2.18. The second-order valence-electron chi connectivity index (χ2n) is 5.41. The molecule has 0 amide bonds. The number of Topliss-reactive ketones (excluding diaryl/α,β-unsaturated/α-hetero) is 1. The third-order valence-electron chi connectivity index (χ3n) is 3.68. The van der Waals surface area contributed by atoms with Crippen molar-refractivity contribution in [1.82, 2.24) is 5.16 Å². The molecule has 1 aromatic heterocycles. The second kappa shape index (κ2) is 6.13. The first kappa shape index (κ1) is 15.9. The smallest absolute Gasteiger partial charge is 0.344 e. The standard InChI is InChI=1S/C17H19NO4/c1-9-6-7-14(8-10(9)2)16(19)13(5)21-17(20)15-11(3)18-22-12(15)4/h6-8,13H,1-5H3/t13-/m0/s1. The van der Waals surface area contributed by atoms with Gasteiger partial charge in [-0.25, -0.2) is 4.79 Å². The molecule has 116 valence electrons. The first-order valence-electron chi connectivity index (χ1n) is 7.06. The molecule has 0 aliphatic heterocycles. The summed E-state index contributed by atoms with van der Waals surface area (Å²) in [6, 6.07) is 5.42. The summed E-state index contributed by atoms with van der Waals surface area (Å²) in [6.07, 6.45) is -0.872. The van der Waals surface area contributed by atoms with Crippen LogP contribution in [0.4, 0.5) is 0 Å². The number of esters is 1. The molecule has 0 bridgehead atoms. The highest BCUT2D eigenvalue weighted by molar-refractivity contribution is 6.01. The Morgan fingerprint density at radius 1 is 1.14 bits per heavy atom. The molecule has 2 rings (SSSR count). The number of hydrogen-bond acceptors (Lipinski definition) is 5. The van der Waals surface area contributed by atoms with E-state index >= 15 is 0 Å². The molecule has 0 aliphatic carbocycles. The SMILES string of the molecule is Cc1ccc(C(=O)[C@H](C)OC(=O)c2c(C)noc2C)cc1C. The Morgan fingerprint density at radius 2 is 1.82 bits per heavy atom.